The molecule has 1 atom stereocenters. The summed E-state index contributed by atoms with van der Waals surface area (Å²) >= 11 is 3.35. The Bertz CT molecular complexity index is 1440. The maximum atomic E-state index is 13.1. The average Bonchev–Trinajstić information content (AvgIpc) is 3.33. The predicted molar refractivity (Wildman–Crippen MR) is 127 cm³/mol. The van der Waals surface area contributed by atoms with Crippen molar-refractivity contribution in [2.75, 3.05) is 12.0 Å². The fourth-order valence-electron chi connectivity index (χ4n) is 3.73. The van der Waals surface area contributed by atoms with Crippen molar-refractivity contribution in [2.24, 2.45) is 5.14 Å². The second-order valence-electron chi connectivity index (χ2n) is 7.51. The molecule has 3 N–H and O–H groups in total. The first-order valence-corrected chi connectivity index (χ1v) is 12.2. The van der Waals surface area contributed by atoms with Crippen molar-refractivity contribution in [3.63, 3.8) is 0 Å². The Morgan fingerprint density at radius 3 is 2.32 bits per heavy atom. The second kappa shape index (κ2) is 8.75. The lowest BCUT2D eigenvalue weighted by molar-refractivity contribution is -0.132. The molecule has 1 aromatic heterocycles. The third-order valence-electron chi connectivity index (χ3n) is 5.34. The number of aryl methyl sites for hydroxylation is 1. The van der Waals surface area contributed by atoms with Crippen LogP contribution in [0.1, 0.15) is 23.1 Å². The van der Waals surface area contributed by atoms with Crippen molar-refractivity contribution >= 4 is 49.1 Å². The van der Waals surface area contributed by atoms with Crippen LogP contribution in [-0.2, 0) is 19.6 Å². The van der Waals surface area contributed by atoms with Crippen molar-refractivity contribution < 1.29 is 32.3 Å². The predicted octanol–water partition coefficient (Wildman–Crippen LogP) is 3.63. The number of carbonyl (C=O) groups excluding carboxylic acids is 2. The number of anilines is 1. The van der Waals surface area contributed by atoms with Crippen molar-refractivity contribution in [1.29, 1.82) is 0 Å². The minimum atomic E-state index is -3.95. The topological polar surface area (TPSA) is 140 Å². The molecular formula is C23H19BrN2O7S. The average molecular weight is 547 g/mol. The molecule has 9 nitrogen and oxygen atoms in total. The van der Waals surface area contributed by atoms with Crippen LogP contribution in [0.15, 0.2) is 74.0 Å². The molecule has 1 unspecified atom stereocenters. The van der Waals surface area contributed by atoms with Gasteiger partial charge in [-0.2, -0.15) is 0 Å². The maximum absolute atomic E-state index is 13.1. The number of sulfonamides is 1. The molecule has 0 spiro atoms. The van der Waals surface area contributed by atoms with Gasteiger partial charge in [-0.25, -0.2) is 13.6 Å². The van der Waals surface area contributed by atoms with Crippen LogP contribution in [0, 0.1) is 6.92 Å². The second-order valence-corrected chi connectivity index (χ2v) is 9.92. The van der Waals surface area contributed by atoms with Gasteiger partial charge in [-0.1, -0.05) is 0 Å². The first kappa shape index (κ1) is 23.7. The number of halogens is 1. The lowest BCUT2D eigenvalue weighted by Crippen LogP contribution is -2.29. The fraction of sp³-hybridized carbons (Fsp3) is 0.130. The number of amides is 1. The lowest BCUT2D eigenvalue weighted by atomic mass is 9.99. The van der Waals surface area contributed by atoms with Crippen molar-refractivity contribution in [1.82, 2.24) is 0 Å². The van der Waals surface area contributed by atoms with Gasteiger partial charge in [0.15, 0.2) is 0 Å². The number of carbonyl (C=O) groups is 2. The Morgan fingerprint density at radius 1 is 1.12 bits per heavy atom. The summed E-state index contributed by atoms with van der Waals surface area (Å²) in [5, 5.41) is 16.3. The van der Waals surface area contributed by atoms with Gasteiger partial charge in [0.25, 0.3) is 11.7 Å². The molecule has 0 radical (unpaired) electrons. The van der Waals surface area contributed by atoms with Crippen LogP contribution in [0.4, 0.5) is 5.69 Å². The number of furan rings is 1. The Labute approximate surface area is 203 Å². The molecule has 176 valence electrons. The molecule has 2 heterocycles. The zero-order valence-electron chi connectivity index (χ0n) is 18.0. The van der Waals surface area contributed by atoms with E-state index < -0.39 is 33.5 Å². The molecule has 0 aliphatic carbocycles. The van der Waals surface area contributed by atoms with E-state index in [-0.39, 0.29) is 27.5 Å². The molecule has 1 fully saturated rings. The van der Waals surface area contributed by atoms with Crippen molar-refractivity contribution in [3.05, 3.63) is 81.7 Å². The van der Waals surface area contributed by atoms with Gasteiger partial charge in [0.1, 0.15) is 29.1 Å². The van der Waals surface area contributed by atoms with E-state index in [0.717, 1.165) is 4.90 Å². The van der Waals surface area contributed by atoms with E-state index in [4.69, 9.17) is 14.3 Å². The first-order valence-electron chi connectivity index (χ1n) is 9.87. The highest BCUT2D eigenvalue weighted by atomic mass is 79.9. The standard InChI is InChI=1S/C23H19BrN2O7S/c1-12-3-9-18(33-12)20-19(21(27)13-4-10-17(32-2)16(24)11-13)22(28)23(29)26(20)14-5-7-15(8-6-14)34(25,30)31/h3-11,20,27H,1-2H3,(H2,25,30,31)/b21-19-. The van der Waals surface area contributed by atoms with E-state index in [1.807, 2.05) is 0 Å². The summed E-state index contributed by atoms with van der Waals surface area (Å²) in [5.41, 5.74) is 0.332. The molecule has 1 aliphatic heterocycles. The number of ketones is 1. The Balaban J connectivity index is 1.90. The summed E-state index contributed by atoms with van der Waals surface area (Å²) in [4.78, 5) is 27.2. The molecule has 3 aromatic rings. The molecule has 2 aromatic carbocycles. The highest BCUT2D eigenvalue weighted by molar-refractivity contribution is 9.10. The Kier molecular flexibility index (Phi) is 6.11. The van der Waals surface area contributed by atoms with Crippen LogP contribution in [0.25, 0.3) is 5.76 Å². The van der Waals surface area contributed by atoms with Gasteiger partial charge in [0.2, 0.25) is 10.0 Å². The number of aliphatic hydroxyl groups excluding tert-OH is 1. The fourth-order valence-corrected chi connectivity index (χ4v) is 4.79. The summed E-state index contributed by atoms with van der Waals surface area (Å²) in [6.45, 7) is 1.71. The molecule has 0 saturated carbocycles. The number of hydrogen-bond donors (Lipinski definition) is 2. The van der Waals surface area contributed by atoms with Gasteiger partial charge in [0, 0.05) is 11.3 Å². The molecule has 1 aliphatic rings. The first-order chi connectivity index (χ1) is 16.0. The summed E-state index contributed by atoms with van der Waals surface area (Å²) < 4.78 is 34.7. The van der Waals surface area contributed by atoms with E-state index in [1.54, 1.807) is 37.3 Å². The van der Waals surface area contributed by atoms with Crippen molar-refractivity contribution in [3.8, 4) is 5.75 Å². The van der Waals surface area contributed by atoms with Crippen LogP contribution in [0.3, 0.4) is 0 Å². The largest absolute Gasteiger partial charge is 0.507 e. The monoisotopic (exact) mass is 546 g/mol. The van der Waals surface area contributed by atoms with E-state index in [0.29, 0.717) is 16.0 Å². The third-order valence-corrected chi connectivity index (χ3v) is 6.89. The summed E-state index contributed by atoms with van der Waals surface area (Å²) in [6, 6.07) is 12.1. The number of rotatable bonds is 5. The normalized spacial score (nSPS) is 17.9. The minimum Gasteiger partial charge on any atom is -0.507 e. The molecule has 34 heavy (non-hydrogen) atoms. The van der Waals surface area contributed by atoms with E-state index in [9.17, 15) is 23.1 Å². The Hall–Kier alpha value is -3.41. The van der Waals surface area contributed by atoms with E-state index >= 15 is 0 Å². The van der Waals surface area contributed by atoms with Crippen LogP contribution < -0.4 is 14.8 Å². The molecule has 1 saturated heterocycles. The van der Waals surface area contributed by atoms with Crippen LogP contribution in [0.5, 0.6) is 5.75 Å². The summed E-state index contributed by atoms with van der Waals surface area (Å²) in [5.74, 6) is -0.913. The SMILES string of the molecule is COc1ccc(/C(O)=C2/C(=O)C(=O)N(c3ccc(S(N)(=O)=O)cc3)C2c2ccc(C)o2)cc1Br. The summed E-state index contributed by atoms with van der Waals surface area (Å²) in [7, 11) is -2.46. The van der Waals surface area contributed by atoms with E-state index in [2.05, 4.69) is 15.9 Å². The van der Waals surface area contributed by atoms with Crippen molar-refractivity contribution in [2.45, 2.75) is 17.9 Å². The molecule has 0 bridgehead atoms. The van der Waals surface area contributed by atoms with Crippen LogP contribution >= 0.6 is 15.9 Å². The number of nitrogens with two attached hydrogens (primary N) is 1. The zero-order valence-corrected chi connectivity index (χ0v) is 20.4. The number of methoxy groups -OCH3 is 1. The third kappa shape index (κ3) is 4.13. The van der Waals surface area contributed by atoms with Gasteiger partial charge in [0.05, 0.1) is 22.1 Å². The zero-order chi connectivity index (χ0) is 24.8. The summed E-state index contributed by atoms with van der Waals surface area (Å²) in [6.07, 6.45) is 0. The van der Waals surface area contributed by atoms with E-state index in [1.165, 1.54) is 31.4 Å². The molecular weight excluding hydrogens is 528 g/mol. The molecule has 1 amide bonds. The highest BCUT2D eigenvalue weighted by Gasteiger charge is 2.48. The lowest BCUT2D eigenvalue weighted by Gasteiger charge is -2.23. The maximum Gasteiger partial charge on any atom is 0.300 e. The number of hydrogen-bond acceptors (Lipinski definition) is 7. The van der Waals surface area contributed by atoms with Crippen LogP contribution in [0.2, 0.25) is 0 Å². The number of aliphatic hydroxyl groups is 1. The van der Waals surface area contributed by atoms with Crippen LogP contribution in [-0.4, -0.2) is 32.3 Å². The minimum absolute atomic E-state index is 0.152. The molecule has 11 heteroatoms. The highest BCUT2D eigenvalue weighted by Crippen LogP contribution is 2.43. The van der Waals surface area contributed by atoms with Gasteiger partial charge < -0.3 is 14.3 Å². The van der Waals surface area contributed by atoms with Gasteiger partial charge in [-0.15, -0.1) is 0 Å². The van der Waals surface area contributed by atoms with Gasteiger partial charge in [-0.3, -0.25) is 14.5 Å². The number of benzene rings is 2. The molecule has 4 rings (SSSR count). The number of ether oxygens (including phenoxy) is 1. The quantitative estimate of drug-likeness (QED) is 0.282. The van der Waals surface area contributed by atoms with Gasteiger partial charge >= 0.3 is 0 Å². The number of nitrogens with zero attached hydrogens (tertiary/aromatic N) is 1. The number of Topliss-reactive ketones (excluding diaryl/α,β-unsaturated/α-hetero) is 1. The number of primary sulfonamides is 1. The Morgan fingerprint density at radius 2 is 1.79 bits per heavy atom. The smallest absolute Gasteiger partial charge is 0.300 e. The van der Waals surface area contributed by atoms with Gasteiger partial charge in [-0.05, 0) is 77.5 Å².